The molecule has 0 bridgehead atoms. The van der Waals surface area contributed by atoms with Crippen LogP contribution in [0.4, 0.5) is 0 Å². The van der Waals surface area contributed by atoms with Gasteiger partial charge in [0.15, 0.2) is 21.3 Å². The third kappa shape index (κ3) is 3.68. The fraction of sp³-hybridized carbons (Fsp3) is 0.120. The van der Waals surface area contributed by atoms with Crippen molar-refractivity contribution < 1.29 is 17.9 Å². The summed E-state index contributed by atoms with van der Waals surface area (Å²) in [6.07, 6.45) is 1.19. The Hall–Kier alpha value is -3.91. The maximum Gasteiger partial charge on any atom is 0.235 e. The summed E-state index contributed by atoms with van der Waals surface area (Å²) < 4.78 is 36.6. The summed E-state index contributed by atoms with van der Waals surface area (Å²) in [6, 6.07) is 22.3. The Balaban J connectivity index is 1.78. The summed E-state index contributed by atoms with van der Waals surface area (Å²) in [5.74, 6) is 1.80. The quantitative estimate of drug-likeness (QED) is 0.381. The van der Waals surface area contributed by atoms with Crippen molar-refractivity contribution in [1.82, 2.24) is 14.4 Å². The van der Waals surface area contributed by atoms with Gasteiger partial charge in [-0.15, -0.1) is 0 Å². The number of sulfone groups is 1. The summed E-state index contributed by atoms with van der Waals surface area (Å²) in [5.41, 5.74) is 5.01. The minimum atomic E-state index is -3.28. The molecule has 3 aromatic carbocycles. The second-order valence-electron chi connectivity index (χ2n) is 7.63. The maximum absolute atomic E-state index is 11.9. The molecule has 0 aliphatic rings. The highest BCUT2D eigenvalue weighted by atomic mass is 32.2. The molecule has 0 fully saturated rings. The largest absolute Gasteiger partial charge is 0.493 e. The SMILES string of the molecule is COc1ccc(-c2cc(-c3ccc(S(C)(=O)=O)cc3)nc3nc4ccccc4n23)cc1OC. The lowest BCUT2D eigenvalue weighted by Gasteiger charge is -2.13. The molecule has 8 heteroatoms. The molecule has 0 aliphatic heterocycles. The molecule has 0 spiro atoms. The zero-order valence-corrected chi connectivity index (χ0v) is 19.1. The van der Waals surface area contributed by atoms with E-state index in [-0.39, 0.29) is 4.90 Å². The molecule has 0 amide bonds. The van der Waals surface area contributed by atoms with Crippen molar-refractivity contribution in [2.75, 3.05) is 20.5 Å². The number of benzene rings is 3. The number of methoxy groups -OCH3 is 2. The molecule has 0 N–H and O–H groups in total. The van der Waals surface area contributed by atoms with Gasteiger partial charge >= 0.3 is 0 Å². The van der Waals surface area contributed by atoms with E-state index in [2.05, 4.69) is 0 Å². The van der Waals surface area contributed by atoms with E-state index in [0.29, 0.717) is 23.0 Å². The lowest BCUT2D eigenvalue weighted by atomic mass is 10.1. The smallest absolute Gasteiger partial charge is 0.235 e. The summed E-state index contributed by atoms with van der Waals surface area (Å²) in [4.78, 5) is 9.77. The van der Waals surface area contributed by atoms with Crippen molar-refractivity contribution in [3.63, 3.8) is 0 Å². The van der Waals surface area contributed by atoms with Gasteiger partial charge in [-0.25, -0.2) is 18.4 Å². The van der Waals surface area contributed by atoms with Gasteiger partial charge in [-0.05, 0) is 48.5 Å². The van der Waals surface area contributed by atoms with Gasteiger partial charge in [0, 0.05) is 17.4 Å². The van der Waals surface area contributed by atoms with E-state index < -0.39 is 9.84 Å². The Morgan fingerprint density at radius 2 is 1.48 bits per heavy atom. The van der Waals surface area contributed by atoms with Crippen LogP contribution in [0.25, 0.3) is 39.3 Å². The van der Waals surface area contributed by atoms with E-state index in [9.17, 15) is 8.42 Å². The van der Waals surface area contributed by atoms with Gasteiger partial charge in [-0.2, -0.15) is 0 Å². The topological polar surface area (TPSA) is 82.8 Å². The molecule has 5 rings (SSSR count). The number of para-hydroxylation sites is 2. The molecular formula is C25H21N3O4S. The highest BCUT2D eigenvalue weighted by Crippen LogP contribution is 2.35. The fourth-order valence-electron chi connectivity index (χ4n) is 3.89. The normalized spacial score (nSPS) is 11.7. The second kappa shape index (κ2) is 7.90. The highest BCUT2D eigenvalue weighted by Gasteiger charge is 2.16. The van der Waals surface area contributed by atoms with Crippen LogP contribution in [0.15, 0.2) is 77.7 Å². The minimum absolute atomic E-state index is 0.263. The third-order valence-corrected chi connectivity index (χ3v) is 6.66. The Morgan fingerprint density at radius 1 is 0.788 bits per heavy atom. The molecule has 5 aromatic rings. The predicted octanol–water partition coefficient (Wildman–Crippen LogP) is 4.64. The molecule has 0 saturated carbocycles. The first-order chi connectivity index (χ1) is 15.9. The lowest BCUT2D eigenvalue weighted by Crippen LogP contribution is -1.99. The van der Waals surface area contributed by atoms with Crippen molar-refractivity contribution in [3.8, 4) is 34.0 Å². The molecule has 0 saturated heterocycles. The van der Waals surface area contributed by atoms with Crippen molar-refractivity contribution in [2.45, 2.75) is 4.90 Å². The first-order valence-corrected chi connectivity index (χ1v) is 12.1. The molecular weight excluding hydrogens is 438 g/mol. The molecule has 0 aliphatic carbocycles. The van der Waals surface area contributed by atoms with Crippen molar-refractivity contribution in [3.05, 3.63) is 72.8 Å². The van der Waals surface area contributed by atoms with Crippen LogP contribution in [0.3, 0.4) is 0 Å². The van der Waals surface area contributed by atoms with E-state index >= 15 is 0 Å². The van der Waals surface area contributed by atoms with Crippen molar-refractivity contribution in [2.24, 2.45) is 0 Å². The van der Waals surface area contributed by atoms with Crippen LogP contribution in [-0.2, 0) is 9.84 Å². The molecule has 7 nitrogen and oxygen atoms in total. The average Bonchev–Trinajstić information content (AvgIpc) is 3.21. The number of rotatable bonds is 5. The van der Waals surface area contributed by atoms with Crippen LogP contribution < -0.4 is 9.47 Å². The standard InChI is InChI=1S/C25H21N3O4S/c1-31-23-13-10-17(14-24(23)32-2)22-15-20(16-8-11-18(12-9-16)33(3,29)30)27-25-26-19-6-4-5-7-21(19)28(22)25/h4-15H,1-3H3. The predicted molar refractivity (Wildman–Crippen MR) is 128 cm³/mol. The Morgan fingerprint density at radius 3 is 2.18 bits per heavy atom. The van der Waals surface area contributed by atoms with Gasteiger partial charge in [-0.3, -0.25) is 4.40 Å². The summed E-state index contributed by atoms with van der Waals surface area (Å²) in [6.45, 7) is 0. The van der Waals surface area contributed by atoms with Crippen LogP contribution in [0.2, 0.25) is 0 Å². The van der Waals surface area contributed by atoms with E-state index in [4.69, 9.17) is 19.4 Å². The summed E-state index contributed by atoms with van der Waals surface area (Å²) in [5, 5.41) is 0. The Kier molecular flexibility index (Phi) is 5.02. The number of hydrogen-bond donors (Lipinski definition) is 0. The van der Waals surface area contributed by atoms with Gasteiger partial charge in [0.2, 0.25) is 5.78 Å². The molecule has 0 unspecified atom stereocenters. The van der Waals surface area contributed by atoms with Crippen LogP contribution in [0.1, 0.15) is 0 Å². The number of hydrogen-bond acceptors (Lipinski definition) is 6. The monoisotopic (exact) mass is 459 g/mol. The van der Waals surface area contributed by atoms with E-state index in [1.54, 1.807) is 38.5 Å². The van der Waals surface area contributed by atoms with Crippen LogP contribution in [0.5, 0.6) is 11.5 Å². The number of ether oxygens (including phenoxy) is 2. The lowest BCUT2D eigenvalue weighted by molar-refractivity contribution is 0.355. The number of fused-ring (bicyclic) bond motifs is 3. The van der Waals surface area contributed by atoms with Gasteiger partial charge in [-0.1, -0.05) is 24.3 Å². The second-order valence-corrected chi connectivity index (χ2v) is 9.64. The molecule has 2 heterocycles. The Bertz CT molecular complexity index is 1610. The molecule has 0 radical (unpaired) electrons. The number of imidazole rings is 1. The number of nitrogens with zero attached hydrogens (tertiary/aromatic N) is 3. The molecule has 2 aromatic heterocycles. The van der Waals surface area contributed by atoms with Gasteiger partial charge in [0.1, 0.15) is 0 Å². The number of aromatic nitrogens is 3. The minimum Gasteiger partial charge on any atom is -0.493 e. The summed E-state index contributed by atoms with van der Waals surface area (Å²) >= 11 is 0. The first kappa shape index (κ1) is 21.0. The van der Waals surface area contributed by atoms with E-state index in [0.717, 1.165) is 27.9 Å². The van der Waals surface area contributed by atoms with E-state index in [1.807, 2.05) is 52.9 Å². The third-order valence-electron chi connectivity index (χ3n) is 5.54. The van der Waals surface area contributed by atoms with Crippen molar-refractivity contribution >= 4 is 26.6 Å². The van der Waals surface area contributed by atoms with Crippen molar-refractivity contribution in [1.29, 1.82) is 0 Å². The maximum atomic E-state index is 11.9. The molecule has 33 heavy (non-hydrogen) atoms. The van der Waals surface area contributed by atoms with Crippen LogP contribution >= 0.6 is 0 Å². The van der Waals surface area contributed by atoms with Gasteiger partial charge in [0.05, 0.1) is 41.5 Å². The van der Waals surface area contributed by atoms with Crippen LogP contribution in [0, 0.1) is 0 Å². The van der Waals surface area contributed by atoms with Gasteiger partial charge < -0.3 is 9.47 Å². The average molecular weight is 460 g/mol. The zero-order valence-electron chi connectivity index (χ0n) is 18.3. The molecule has 166 valence electrons. The van der Waals surface area contributed by atoms with Gasteiger partial charge in [0.25, 0.3) is 0 Å². The zero-order chi connectivity index (χ0) is 23.2. The summed E-state index contributed by atoms with van der Waals surface area (Å²) in [7, 11) is -0.0786. The molecule has 0 atom stereocenters. The highest BCUT2D eigenvalue weighted by molar-refractivity contribution is 7.90. The van der Waals surface area contributed by atoms with E-state index in [1.165, 1.54) is 6.26 Å². The Labute approximate surface area is 191 Å². The van der Waals surface area contributed by atoms with Crippen LogP contribution in [-0.4, -0.2) is 43.3 Å². The fourth-order valence-corrected chi connectivity index (χ4v) is 4.52. The first-order valence-electron chi connectivity index (χ1n) is 10.2.